The third-order valence-electron chi connectivity index (χ3n) is 5.28. The lowest BCUT2D eigenvalue weighted by atomic mass is 9.93. The largest absolute Gasteiger partial charge is 0.394 e. The van der Waals surface area contributed by atoms with E-state index < -0.39 is 0 Å². The topological polar surface area (TPSA) is 53.8 Å². The summed E-state index contributed by atoms with van der Waals surface area (Å²) in [7, 11) is 0. The Bertz CT molecular complexity index is 471. The number of hydrogen-bond donors (Lipinski definition) is 1. The molecule has 1 aromatic heterocycles. The molecule has 0 spiro atoms. The molecule has 1 unspecified atom stereocenters. The van der Waals surface area contributed by atoms with E-state index in [1.807, 2.05) is 10.9 Å². The molecule has 2 aliphatic rings. The molecule has 0 aliphatic carbocycles. The molecule has 6 heteroatoms. The molecule has 3 rings (SSSR count). The van der Waals surface area contributed by atoms with E-state index in [2.05, 4.69) is 27.9 Å². The first-order valence-corrected chi connectivity index (χ1v) is 8.94. The number of nitrogens with zero attached hydrogens (tertiary/aromatic N) is 4. The highest BCUT2D eigenvalue weighted by Crippen LogP contribution is 2.27. The molecule has 0 saturated carbocycles. The maximum Gasteiger partial charge on any atom is 0.0644 e. The minimum Gasteiger partial charge on any atom is -0.394 e. The van der Waals surface area contributed by atoms with Gasteiger partial charge in [0.15, 0.2) is 0 Å². The number of ether oxygens (including phenoxy) is 1. The van der Waals surface area contributed by atoms with E-state index >= 15 is 0 Å². The Balaban J connectivity index is 1.44. The van der Waals surface area contributed by atoms with E-state index in [1.54, 1.807) is 0 Å². The first-order chi connectivity index (χ1) is 11.3. The summed E-state index contributed by atoms with van der Waals surface area (Å²) in [6, 6.07) is 2.67. The van der Waals surface area contributed by atoms with Crippen LogP contribution in [0.15, 0.2) is 12.3 Å². The van der Waals surface area contributed by atoms with Gasteiger partial charge in [-0.2, -0.15) is 5.10 Å². The Hall–Kier alpha value is -0.950. The fourth-order valence-electron chi connectivity index (χ4n) is 3.79. The molecular formula is C17H30N4O2. The zero-order valence-electron chi connectivity index (χ0n) is 14.2. The third-order valence-corrected chi connectivity index (χ3v) is 5.28. The van der Waals surface area contributed by atoms with Crippen molar-refractivity contribution in [1.29, 1.82) is 0 Å². The summed E-state index contributed by atoms with van der Waals surface area (Å²) in [5.74, 6) is 0.586. The summed E-state index contributed by atoms with van der Waals surface area (Å²) in [5, 5.41) is 13.5. The Kier molecular flexibility index (Phi) is 6.05. The summed E-state index contributed by atoms with van der Waals surface area (Å²) >= 11 is 0. The van der Waals surface area contributed by atoms with Crippen molar-refractivity contribution in [3.05, 3.63) is 18.0 Å². The molecule has 1 N–H and O–H groups in total. The van der Waals surface area contributed by atoms with Crippen LogP contribution in [-0.4, -0.2) is 83.3 Å². The average Bonchev–Trinajstić information content (AvgIpc) is 3.03. The Morgan fingerprint density at radius 1 is 1.22 bits per heavy atom. The SMILES string of the molecule is CC1COCCN1CCN1CCC(c2ccnn2CCO)CC1. The van der Waals surface area contributed by atoms with E-state index in [1.165, 1.54) is 18.5 Å². The van der Waals surface area contributed by atoms with Gasteiger partial charge < -0.3 is 14.7 Å². The number of aliphatic hydroxyl groups excluding tert-OH is 1. The molecule has 2 saturated heterocycles. The molecule has 0 radical (unpaired) electrons. The zero-order valence-corrected chi connectivity index (χ0v) is 14.2. The normalized spacial score (nSPS) is 25.0. The zero-order chi connectivity index (χ0) is 16.1. The van der Waals surface area contributed by atoms with Crippen molar-refractivity contribution in [2.24, 2.45) is 0 Å². The predicted molar refractivity (Wildman–Crippen MR) is 89.6 cm³/mol. The molecule has 0 bridgehead atoms. The highest BCUT2D eigenvalue weighted by Gasteiger charge is 2.24. The number of aromatic nitrogens is 2. The van der Waals surface area contributed by atoms with Crippen molar-refractivity contribution in [3.8, 4) is 0 Å². The lowest BCUT2D eigenvalue weighted by Gasteiger charge is -2.37. The van der Waals surface area contributed by atoms with Gasteiger partial charge in [0.2, 0.25) is 0 Å². The molecular weight excluding hydrogens is 292 g/mol. The number of rotatable bonds is 6. The van der Waals surface area contributed by atoms with Crippen LogP contribution in [-0.2, 0) is 11.3 Å². The van der Waals surface area contributed by atoms with Crippen LogP contribution in [0.2, 0.25) is 0 Å². The molecule has 1 aromatic rings. The fraction of sp³-hybridized carbons (Fsp3) is 0.824. The van der Waals surface area contributed by atoms with Crippen molar-refractivity contribution in [3.63, 3.8) is 0 Å². The average molecular weight is 322 g/mol. The third kappa shape index (κ3) is 4.32. The van der Waals surface area contributed by atoms with Gasteiger partial charge in [-0.3, -0.25) is 9.58 Å². The second kappa shape index (κ2) is 8.24. The van der Waals surface area contributed by atoms with Crippen molar-refractivity contribution in [2.75, 3.05) is 52.5 Å². The van der Waals surface area contributed by atoms with E-state index in [9.17, 15) is 0 Å². The molecule has 2 aliphatic heterocycles. The monoisotopic (exact) mass is 322 g/mol. The molecule has 0 aromatic carbocycles. The van der Waals surface area contributed by atoms with Gasteiger partial charge in [0, 0.05) is 43.5 Å². The minimum absolute atomic E-state index is 0.158. The van der Waals surface area contributed by atoms with Crippen LogP contribution >= 0.6 is 0 Å². The quantitative estimate of drug-likeness (QED) is 0.839. The number of hydrogen-bond acceptors (Lipinski definition) is 5. The van der Waals surface area contributed by atoms with Crippen molar-refractivity contribution in [2.45, 2.75) is 38.3 Å². The van der Waals surface area contributed by atoms with Gasteiger partial charge in [0.1, 0.15) is 0 Å². The first kappa shape index (κ1) is 16.9. The van der Waals surface area contributed by atoms with E-state index in [0.29, 0.717) is 18.5 Å². The molecule has 6 nitrogen and oxygen atoms in total. The number of likely N-dealkylation sites (tertiary alicyclic amines) is 1. The van der Waals surface area contributed by atoms with Gasteiger partial charge in [-0.15, -0.1) is 0 Å². The van der Waals surface area contributed by atoms with Gasteiger partial charge in [-0.05, 0) is 38.9 Å². The van der Waals surface area contributed by atoms with E-state index in [-0.39, 0.29) is 6.61 Å². The van der Waals surface area contributed by atoms with Crippen molar-refractivity contribution >= 4 is 0 Å². The Morgan fingerprint density at radius 2 is 2.04 bits per heavy atom. The standard InChI is InChI=1S/C17H30N4O2/c1-15-14-23-13-11-20(15)9-8-19-6-3-16(4-7-19)17-2-5-18-21(17)10-12-22/h2,5,15-16,22H,3-4,6-14H2,1H3. The lowest BCUT2D eigenvalue weighted by Crippen LogP contribution is -2.47. The van der Waals surface area contributed by atoms with Crippen LogP contribution in [0.25, 0.3) is 0 Å². The summed E-state index contributed by atoms with van der Waals surface area (Å²) in [5.41, 5.74) is 1.29. The molecule has 3 heterocycles. The van der Waals surface area contributed by atoms with Crippen LogP contribution in [0.3, 0.4) is 0 Å². The van der Waals surface area contributed by atoms with Crippen molar-refractivity contribution in [1.82, 2.24) is 19.6 Å². The maximum absolute atomic E-state index is 9.14. The second-order valence-electron chi connectivity index (χ2n) is 6.78. The van der Waals surface area contributed by atoms with Crippen LogP contribution in [0.1, 0.15) is 31.4 Å². The number of morpholine rings is 1. The maximum atomic E-state index is 9.14. The Morgan fingerprint density at radius 3 is 2.78 bits per heavy atom. The summed E-state index contributed by atoms with van der Waals surface area (Å²) in [6.07, 6.45) is 4.24. The van der Waals surface area contributed by atoms with Crippen LogP contribution in [0.5, 0.6) is 0 Å². The Labute approximate surface area is 139 Å². The first-order valence-electron chi connectivity index (χ1n) is 8.94. The summed E-state index contributed by atoms with van der Waals surface area (Å²) in [4.78, 5) is 5.14. The predicted octanol–water partition coefficient (Wildman–Crippen LogP) is 0.776. The van der Waals surface area contributed by atoms with Gasteiger partial charge >= 0.3 is 0 Å². The smallest absolute Gasteiger partial charge is 0.0644 e. The second-order valence-corrected chi connectivity index (χ2v) is 6.78. The van der Waals surface area contributed by atoms with Gasteiger partial charge in [0.25, 0.3) is 0 Å². The van der Waals surface area contributed by atoms with E-state index in [0.717, 1.165) is 45.9 Å². The molecule has 2 fully saturated rings. The highest BCUT2D eigenvalue weighted by molar-refractivity contribution is 5.09. The summed E-state index contributed by atoms with van der Waals surface area (Å²) < 4.78 is 7.48. The van der Waals surface area contributed by atoms with Crippen LogP contribution in [0.4, 0.5) is 0 Å². The van der Waals surface area contributed by atoms with Gasteiger partial charge in [-0.25, -0.2) is 0 Å². The number of piperidine rings is 1. The van der Waals surface area contributed by atoms with Crippen molar-refractivity contribution < 1.29 is 9.84 Å². The molecule has 23 heavy (non-hydrogen) atoms. The van der Waals surface area contributed by atoms with E-state index in [4.69, 9.17) is 9.84 Å². The molecule has 130 valence electrons. The van der Waals surface area contributed by atoms with Crippen LogP contribution < -0.4 is 0 Å². The molecule has 1 atom stereocenters. The lowest BCUT2D eigenvalue weighted by molar-refractivity contribution is -0.00490. The summed E-state index contributed by atoms with van der Waals surface area (Å²) in [6.45, 7) is 10.5. The molecule has 0 amide bonds. The van der Waals surface area contributed by atoms with Crippen LogP contribution in [0, 0.1) is 0 Å². The van der Waals surface area contributed by atoms with Gasteiger partial charge in [0.05, 0.1) is 26.4 Å². The minimum atomic E-state index is 0.158. The van der Waals surface area contributed by atoms with Gasteiger partial charge in [-0.1, -0.05) is 0 Å². The fourth-order valence-corrected chi connectivity index (χ4v) is 3.79. The number of aliphatic hydroxyl groups is 1. The highest BCUT2D eigenvalue weighted by atomic mass is 16.5.